The van der Waals surface area contributed by atoms with Gasteiger partial charge in [-0.05, 0) is 62.7 Å². The monoisotopic (exact) mass is 518 g/mol. The predicted octanol–water partition coefficient (Wildman–Crippen LogP) is 5.26. The summed E-state index contributed by atoms with van der Waals surface area (Å²) in [5, 5.41) is 17.3. The number of hydrogen-bond acceptors (Lipinski definition) is 7. The van der Waals surface area contributed by atoms with Crippen LogP contribution in [0.4, 0.5) is 5.69 Å². The number of methoxy groups -OCH3 is 1. The number of carbonyl (C=O) groups is 1. The minimum absolute atomic E-state index is 0.0232. The number of benzene rings is 3. The molecule has 10 heteroatoms. The van der Waals surface area contributed by atoms with E-state index in [4.69, 9.17) is 14.4 Å². The van der Waals surface area contributed by atoms with Crippen LogP contribution in [-0.2, 0) is 21.0 Å². The fourth-order valence-corrected chi connectivity index (χ4v) is 4.56. The first kappa shape index (κ1) is 26.6. The van der Waals surface area contributed by atoms with Gasteiger partial charge in [0.1, 0.15) is 17.6 Å². The molecule has 1 unspecified atom stereocenters. The van der Waals surface area contributed by atoms with Crippen molar-refractivity contribution in [3.63, 3.8) is 0 Å². The SMILES string of the molecule is CCn1c2ccc(C(=NONC(C)=O)c3ccc(OC(C)COC)cc3C)cc2c2cc([N+](=O)[O-])ccc21. The lowest BCUT2D eigenvalue weighted by molar-refractivity contribution is -0.384. The van der Waals surface area contributed by atoms with Crippen LogP contribution in [0.3, 0.4) is 0 Å². The van der Waals surface area contributed by atoms with Crippen LogP contribution in [0.1, 0.15) is 37.5 Å². The molecule has 0 aliphatic carbocycles. The van der Waals surface area contributed by atoms with E-state index in [0.29, 0.717) is 30.2 Å². The number of rotatable bonds is 10. The number of fused-ring (bicyclic) bond motifs is 3. The molecule has 4 aromatic rings. The summed E-state index contributed by atoms with van der Waals surface area (Å²) in [7, 11) is 1.62. The Labute approximate surface area is 219 Å². The summed E-state index contributed by atoms with van der Waals surface area (Å²) in [4.78, 5) is 27.7. The number of non-ortho nitro benzene ring substituents is 1. The number of nitrogens with one attached hydrogen (secondary N) is 1. The summed E-state index contributed by atoms with van der Waals surface area (Å²) in [6.07, 6.45) is -0.121. The second-order valence-electron chi connectivity index (χ2n) is 8.98. The lowest BCUT2D eigenvalue weighted by atomic mass is 9.96. The first-order valence-corrected chi connectivity index (χ1v) is 12.2. The molecule has 1 heterocycles. The number of oxime groups is 1. The second kappa shape index (κ2) is 11.3. The molecule has 4 rings (SSSR count). The van der Waals surface area contributed by atoms with Gasteiger partial charge in [-0.1, -0.05) is 11.2 Å². The van der Waals surface area contributed by atoms with Crippen LogP contribution in [0, 0.1) is 17.0 Å². The lowest BCUT2D eigenvalue weighted by Gasteiger charge is -2.16. The summed E-state index contributed by atoms with van der Waals surface area (Å²) < 4.78 is 13.2. The molecule has 0 saturated carbocycles. The average Bonchev–Trinajstić information content (AvgIpc) is 3.19. The molecule has 0 spiro atoms. The Bertz CT molecular complexity index is 1540. The van der Waals surface area contributed by atoms with Crippen molar-refractivity contribution in [1.29, 1.82) is 0 Å². The van der Waals surface area contributed by atoms with Crippen molar-refractivity contribution in [2.75, 3.05) is 13.7 Å². The van der Waals surface area contributed by atoms with Crippen LogP contribution >= 0.6 is 0 Å². The number of carbonyl (C=O) groups excluding carboxylic acids is 1. The zero-order chi connectivity index (χ0) is 27.4. The molecule has 3 aromatic carbocycles. The lowest BCUT2D eigenvalue weighted by Crippen LogP contribution is -2.19. The van der Waals surface area contributed by atoms with Gasteiger partial charge in [0.05, 0.1) is 11.5 Å². The van der Waals surface area contributed by atoms with Crippen LogP contribution in [0.5, 0.6) is 5.75 Å². The summed E-state index contributed by atoms with van der Waals surface area (Å²) in [6, 6.07) is 16.3. The summed E-state index contributed by atoms with van der Waals surface area (Å²) in [5.41, 5.74) is 6.96. The van der Waals surface area contributed by atoms with E-state index >= 15 is 0 Å². The molecule has 1 amide bonds. The van der Waals surface area contributed by atoms with E-state index in [1.165, 1.54) is 13.0 Å². The zero-order valence-electron chi connectivity index (χ0n) is 22.0. The van der Waals surface area contributed by atoms with Gasteiger partial charge in [0.15, 0.2) is 0 Å². The number of aromatic nitrogens is 1. The number of hydrogen-bond donors (Lipinski definition) is 1. The van der Waals surface area contributed by atoms with Crippen LogP contribution in [0.15, 0.2) is 59.8 Å². The Morgan fingerprint density at radius 1 is 1.11 bits per heavy atom. The molecular weight excluding hydrogens is 488 g/mol. The Morgan fingerprint density at radius 2 is 1.82 bits per heavy atom. The van der Waals surface area contributed by atoms with E-state index in [9.17, 15) is 14.9 Å². The fourth-order valence-electron chi connectivity index (χ4n) is 4.56. The molecule has 0 radical (unpaired) electrons. The van der Waals surface area contributed by atoms with E-state index in [1.807, 2.05) is 57.2 Å². The van der Waals surface area contributed by atoms with E-state index in [-0.39, 0.29) is 11.8 Å². The minimum atomic E-state index is -0.396. The molecule has 0 aliphatic rings. The normalized spacial score (nSPS) is 12.5. The first-order chi connectivity index (χ1) is 18.2. The van der Waals surface area contributed by atoms with Gasteiger partial charge < -0.3 is 14.0 Å². The standard InChI is InChI=1S/C28H30N4O6/c1-6-31-26-11-7-20(14-24(26)25-15-21(32(34)35)8-12-27(25)31)28(30-38-29-19(4)33)23-10-9-22(13-17(23)2)37-18(3)16-36-5/h7-15,18H,6,16H2,1-5H3,(H,29,33). The number of nitro benzene ring substituents is 1. The molecule has 10 nitrogen and oxygen atoms in total. The Balaban J connectivity index is 1.85. The van der Waals surface area contributed by atoms with Gasteiger partial charge in [-0.3, -0.25) is 19.8 Å². The number of nitrogens with zero attached hydrogens (tertiary/aromatic N) is 3. The third-order valence-electron chi connectivity index (χ3n) is 6.17. The van der Waals surface area contributed by atoms with Crippen molar-refractivity contribution in [2.45, 2.75) is 40.3 Å². The maximum Gasteiger partial charge on any atom is 0.270 e. The van der Waals surface area contributed by atoms with Gasteiger partial charge in [0.2, 0.25) is 0 Å². The van der Waals surface area contributed by atoms with Gasteiger partial charge in [0, 0.05) is 65.6 Å². The van der Waals surface area contributed by atoms with Gasteiger partial charge in [0.25, 0.3) is 11.6 Å². The van der Waals surface area contributed by atoms with Crippen molar-refractivity contribution in [1.82, 2.24) is 10.0 Å². The largest absolute Gasteiger partial charge is 0.488 e. The van der Waals surface area contributed by atoms with Gasteiger partial charge in [-0.15, -0.1) is 0 Å². The number of hydroxylamine groups is 1. The van der Waals surface area contributed by atoms with E-state index in [0.717, 1.165) is 32.9 Å². The van der Waals surface area contributed by atoms with Crippen molar-refractivity contribution in [3.05, 3.63) is 81.4 Å². The Kier molecular flexibility index (Phi) is 7.92. The van der Waals surface area contributed by atoms with E-state index in [1.54, 1.807) is 19.2 Å². The Morgan fingerprint density at radius 3 is 2.45 bits per heavy atom. The number of aryl methyl sites for hydroxylation is 2. The van der Waals surface area contributed by atoms with Crippen LogP contribution in [0.2, 0.25) is 0 Å². The molecule has 38 heavy (non-hydrogen) atoms. The highest BCUT2D eigenvalue weighted by molar-refractivity contribution is 6.17. The second-order valence-corrected chi connectivity index (χ2v) is 8.98. The van der Waals surface area contributed by atoms with Crippen molar-refractivity contribution in [3.8, 4) is 5.75 Å². The zero-order valence-corrected chi connectivity index (χ0v) is 22.0. The summed E-state index contributed by atoms with van der Waals surface area (Å²) in [6.45, 7) is 8.37. The molecule has 0 saturated heterocycles. The number of nitro groups is 1. The predicted molar refractivity (Wildman–Crippen MR) is 145 cm³/mol. The highest BCUT2D eigenvalue weighted by atomic mass is 16.8. The van der Waals surface area contributed by atoms with Gasteiger partial charge >= 0.3 is 0 Å². The van der Waals surface area contributed by atoms with Crippen LogP contribution in [0.25, 0.3) is 21.8 Å². The van der Waals surface area contributed by atoms with Crippen molar-refractivity contribution in [2.24, 2.45) is 5.16 Å². The van der Waals surface area contributed by atoms with E-state index in [2.05, 4.69) is 15.2 Å². The molecule has 0 bridgehead atoms. The molecule has 198 valence electrons. The minimum Gasteiger partial charge on any atom is -0.488 e. The molecule has 0 fully saturated rings. The van der Waals surface area contributed by atoms with E-state index < -0.39 is 10.8 Å². The van der Waals surface area contributed by atoms with Crippen LogP contribution in [-0.4, -0.2) is 40.9 Å². The molecule has 1 aromatic heterocycles. The quantitative estimate of drug-likeness (QED) is 0.174. The van der Waals surface area contributed by atoms with Crippen molar-refractivity contribution >= 4 is 39.1 Å². The molecule has 0 aliphatic heterocycles. The van der Waals surface area contributed by atoms with Crippen LogP contribution < -0.4 is 10.2 Å². The fraction of sp³-hybridized carbons (Fsp3) is 0.286. The third-order valence-corrected chi connectivity index (χ3v) is 6.17. The van der Waals surface area contributed by atoms with Gasteiger partial charge in [-0.25, -0.2) is 0 Å². The molecular formula is C28H30N4O6. The number of ether oxygens (including phenoxy) is 2. The first-order valence-electron chi connectivity index (χ1n) is 12.2. The maximum absolute atomic E-state index is 11.5. The summed E-state index contributed by atoms with van der Waals surface area (Å²) >= 11 is 0. The number of amides is 1. The summed E-state index contributed by atoms with van der Waals surface area (Å²) in [5.74, 6) is 0.293. The molecule has 1 atom stereocenters. The van der Waals surface area contributed by atoms with Crippen molar-refractivity contribution < 1.29 is 24.1 Å². The highest BCUT2D eigenvalue weighted by Crippen LogP contribution is 2.33. The van der Waals surface area contributed by atoms with Gasteiger partial charge in [-0.2, -0.15) is 5.48 Å². The highest BCUT2D eigenvalue weighted by Gasteiger charge is 2.18. The topological polar surface area (TPSA) is 117 Å². The molecule has 1 N–H and O–H groups in total. The average molecular weight is 519 g/mol. The Hall–Kier alpha value is -4.44. The maximum atomic E-state index is 11.5. The third kappa shape index (κ3) is 5.45. The smallest absolute Gasteiger partial charge is 0.270 e.